The molecule has 17 atom stereocenters. The number of aliphatic hydroxyl groups is 10. The number of ether oxygens (including phenoxy) is 6. The summed E-state index contributed by atoms with van der Waals surface area (Å²) in [5, 5.41) is 115. The molecule has 7 amide bonds. The molecular formula is C49H88N7O26P. The minimum absolute atomic E-state index is 0.0128. The summed E-state index contributed by atoms with van der Waals surface area (Å²) < 4.78 is 50.5. The molecule has 33 nitrogen and oxygen atoms in total. The molecule has 0 aromatic heterocycles. The lowest BCUT2D eigenvalue weighted by Gasteiger charge is -2.42. The maximum atomic E-state index is 13.9. The Kier molecular flexibility index (Phi) is 32.9. The second-order valence-electron chi connectivity index (χ2n) is 20.3. The van der Waals surface area contributed by atoms with Gasteiger partial charge in [-0.3, -0.25) is 38.1 Å². The van der Waals surface area contributed by atoms with Crippen molar-refractivity contribution in [1.82, 2.24) is 36.4 Å². The predicted octanol–water partition coefficient (Wildman–Crippen LogP) is -7.54. The highest BCUT2D eigenvalue weighted by Gasteiger charge is 2.48. The van der Waals surface area contributed by atoms with E-state index in [0.717, 1.165) is 11.6 Å². The smallest absolute Gasteiger partial charge is 0.325 e. The molecule has 3 aliphatic heterocycles. The van der Waals surface area contributed by atoms with E-state index in [2.05, 4.69) is 26.6 Å². The van der Waals surface area contributed by atoms with Gasteiger partial charge in [-0.05, 0) is 38.5 Å². The van der Waals surface area contributed by atoms with Crippen LogP contribution in [0.25, 0.3) is 0 Å². The summed E-state index contributed by atoms with van der Waals surface area (Å²) in [6.07, 6.45) is -17.1. The van der Waals surface area contributed by atoms with E-state index in [0.29, 0.717) is 0 Å². The second kappa shape index (κ2) is 37.4. The van der Waals surface area contributed by atoms with Gasteiger partial charge in [0.1, 0.15) is 73.1 Å². The number of carbonyl (C=O) groups excluding carboxylic acids is 7. The lowest BCUT2D eigenvalue weighted by atomic mass is 9.97. The molecule has 0 aromatic carbocycles. The second-order valence-corrected chi connectivity index (χ2v) is 22.2. The Labute approximate surface area is 480 Å². The summed E-state index contributed by atoms with van der Waals surface area (Å²) in [6, 6.07) is -3.52. The van der Waals surface area contributed by atoms with E-state index >= 15 is 0 Å². The molecule has 0 bridgehead atoms. The van der Waals surface area contributed by atoms with Gasteiger partial charge in [0.25, 0.3) is 5.91 Å². The molecule has 0 spiro atoms. The first-order valence-electron chi connectivity index (χ1n) is 27.5. The zero-order chi connectivity index (χ0) is 62.0. The summed E-state index contributed by atoms with van der Waals surface area (Å²) in [4.78, 5) is 101. The summed E-state index contributed by atoms with van der Waals surface area (Å²) in [5.74, 6) is -3.97. The number of aliphatic hydroxyl groups excluding tert-OH is 10. The van der Waals surface area contributed by atoms with Gasteiger partial charge in [0.15, 0.2) is 25.0 Å². The third kappa shape index (κ3) is 25.3. The minimum Gasteiger partial charge on any atom is -0.394 e. The maximum Gasteiger partial charge on any atom is 0.325 e. The molecule has 3 heterocycles. The van der Waals surface area contributed by atoms with Crippen molar-refractivity contribution >= 4 is 48.9 Å². The average molecular weight is 1220 g/mol. The Morgan fingerprint density at radius 1 is 0.518 bits per heavy atom. The van der Waals surface area contributed by atoms with Crippen molar-refractivity contribution in [1.29, 1.82) is 0 Å². The molecule has 0 radical (unpaired) electrons. The third-order valence-corrected chi connectivity index (χ3v) is 14.1. The fourth-order valence-electron chi connectivity index (χ4n) is 9.01. The Bertz CT molecular complexity index is 2070. The molecule has 3 fully saturated rings. The van der Waals surface area contributed by atoms with Crippen LogP contribution in [0.15, 0.2) is 0 Å². The van der Waals surface area contributed by atoms with Crippen LogP contribution in [0.5, 0.6) is 0 Å². The average Bonchev–Trinajstić information content (AvgIpc) is 3.60. The standard InChI is InChI=1S/C49H88N7O26P/c1-27(60)52-37-43(70)40(67)31(23-57)80-47(37)76-20-8-5-11-34(64)50-14-16-55(36(66)13-7-10-22-78-49-39(54-29(3)62)45(72)42(69)33(25-59)82-49)18-19-56(46(73)30(63)26-79-83(4,74)75)17-15-51-35(65)12-6-9-21-77-48-38(53-28(2)61)44(71)41(68)32(24-58)81-48/h30-33,37-45,47-49,57-59,63,67-72H,5-26H2,1-4H3,(H,50,64)(H,51,65)(H,52,60)(H,53,61)(H,54,62)(H,74,75)/t30?,31?,32?,33?,37?,38?,39?,40-,41-,42-,43+,44+,45+,47+,48+,49+/m0/s1. The molecule has 0 aromatic rings. The quantitative estimate of drug-likeness (QED) is 0.0203. The van der Waals surface area contributed by atoms with Crippen molar-refractivity contribution in [3.05, 3.63) is 0 Å². The largest absolute Gasteiger partial charge is 0.394 e. The fourth-order valence-corrected chi connectivity index (χ4v) is 9.43. The molecular weight excluding hydrogens is 1130 g/mol. The molecule has 480 valence electrons. The van der Waals surface area contributed by atoms with Crippen molar-refractivity contribution in [2.24, 2.45) is 0 Å². The number of rotatable bonds is 37. The van der Waals surface area contributed by atoms with E-state index in [-0.39, 0.29) is 117 Å². The van der Waals surface area contributed by atoms with Crippen molar-refractivity contribution < 1.29 is 127 Å². The third-order valence-electron chi connectivity index (χ3n) is 13.4. The Morgan fingerprint density at radius 2 is 0.855 bits per heavy atom. The normalized spacial score (nSPS) is 29.1. The van der Waals surface area contributed by atoms with E-state index in [1.54, 1.807) is 0 Å². The van der Waals surface area contributed by atoms with Crippen LogP contribution < -0.4 is 26.6 Å². The highest BCUT2D eigenvalue weighted by Crippen LogP contribution is 2.36. The van der Waals surface area contributed by atoms with Gasteiger partial charge in [0.05, 0.1) is 26.4 Å². The van der Waals surface area contributed by atoms with Crippen molar-refractivity contribution in [3.63, 3.8) is 0 Å². The molecule has 34 heteroatoms. The van der Waals surface area contributed by atoms with E-state index in [4.69, 9.17) is 32.9 Å². The number of amides is 7. The summed E-state index contributed by atoms with van der Waals surface area (Å²) in [7, 11) is -4.16. The highest BCUT2D eigenvalue weighted by atomic mass is 31.2. The summed E-state index contributed by atoms with van der Waals surface area (Å²) in [6.45, 7) is 0.397. The molecule has 3 rings (SSSR count). The molecule has 83 heavy (non-hydrogen) atoms. The molecule has 0 saturated carbocycles. The zero-order valence-corrected chi connectivity index (χ0v) is 48.1. The van der Waals surface area contributed by atoms with E-state index in [1.807, 2.05) is 0 Å². The van der Waals surface area contributed by atoms with Crippen LogP contribution in [-0.2, 0) is 71.1 Å². The van der Waals surface area contributed by atoms with E-state index in [9.17, 15) is 94.1 Å². The van der Waals surface area contributed by atoms with E-state index in [1.165, 1.54) is 25.7 Å². The monoisotopic (exact) mass is 1220 g/mol. The maximum absolute atomic E-state index is 13.9. The van der Waals surface area contributed by atoms with Crippen molar-refractivity contribution in [3.8, 4) is 0 Å². The van der Waals surface area contributed by atoms with Crippen LogP contribution in [0.4, 0.5) is 0 Å². The van der Waals surface area contributed by atoms with Gasteiger partial charge in [-0.1, -0.05) is 0 Å². The first-order valence-corrected chi connectivity index (χ1v) is 29.5. The van der Waals surface area contributed by atoms with Crippen LogP contribution in [-0.4, -0.2) is 297 Å². The number of hydrogen-bond donors (Lipinski definition) is 16. The Morgan fingerprint density at radius 3 is 1.19 bits per heavy atom. The SMILES string of the molecule is CC(=O)NC1[C@H](OCCCCC(=O)NCCN(CCN(CCNC(=O)CCCCO[C@@H]2OC(CO)[C@H](O)[C@H](O)C2NC(C)=O)C(=O)C(O)COP(C)(=O)O)C(=O)CCCCO[C@@H]2OC(CO)[C@H](O)[C@H](O)C2NC(C)=O)OC(CO)[C@H](O)[C@@H]1O. The van der Waals surface area contributed by atoms with E-state index < -0.39 is 173 Å². The molecule has 0 aliphatic carbocycles. The molecule has 16 N–H and O–H groups in total. The number of hydrogen-bond acceptors (Lipinski definition) is 25. The first kappa shape index (κ1) is 73.1. The van der Waals surface area contributed by atoms with Crippen LogP contribution in [0.2, 0.25) is 0 Å². The van der Waals surface area contributed by atoms with Gasteiger partial charge >= 0.3 is 7.60 Å². The summed E-state index contributed by atoms with van der Waals surface area (Å²) >= 11 is 0. The number of unbranched alkanes of at least 4 members (excludes halogenated alkanes) is 3. The van der Waals surface area contributed by atoms with Gasteiger partial charge < -0.3 is 125 Å². The van der Waals surface area contributed by atoms with Crippen molar-refractivity contribution in [2.45, 2.75) is 177 Å². The van der Waals surface area contributed by atoms with Gasteiger partial charge in [-0.2, -0.15) is 0 Å². The van der Waals surface area contributed by atoms with Crippen LogP contribution in [0, 0.1) is 0 Å². The fraction of sp³-hybridized carbons (Fsp3) is 0.857. The lowest BCUT2D eigenvalue weighted by molar-refractivity contribution is -0.270. The first-order chi connectivity index (χ1) is 39.2. The molecule has 8 unspecified atom stereocenters. The number of nitrogens with one attached hydrogen (secondary N) is 5. The molecule has 3 saturated heterocycles. The van der Waals surface area contributed by atoms with Crippen LogP contribution in [0.1, 0.15) is 78.6 Å². The number of carbonyl (C=O) groups is 7. The lowest BCUT2D eigenvalue weighted by Crippen LogP contribution is -2.64. The Hall–Kier alpha value is -4.20. The zero-order valence-electron chi connectivity index (χ0n) is 47.2. The topological polar surface area (TPSA) is 490 Å². The van der Waals surface area contributed by atoms with Gasteiger partial charge in [0.2, 0.25) is 35.4 Å². The Balaban J connectivity index is 1.65. The van der Waals surface area contributed by atoms with Gasteiger partial charge in [-0.15, -0.1) is 0 Å². The predicted molar refractivity (Wildman–Crippen MR) is 282 cm³/mol. The minimum atomic E-state index is -4.16. The number of nitrogens with zero attached hydrogens (tertiary/aromatic N) is 2. The van der Waals surface area contributed by atoms with Crippen LogP contribution >= 0.6 is 7.60 Å². The molecule has 3 aliphatic rings. The van der Waals surface area contributed by atoms with Crippen LogP contribution in [0.3, 0.4) is 0 Å². The summed E-state index contributed by atoms with van der Waals surface area (Å²) in [5.41, 5.74) is 0. The highest BCUT2D eigenvalue weighted by molar-refractivity contribution is 7.51. The van der Waals surface area contributed by atoms with Gasteiger partial charge in [-0.25, -0.2) is 0 Å². The van der Waals surface area contributed by atoms with Gasteiger partial charge in [0, 0.05) is 106 Å². The van der Waals surface area contributed by atoms with Crippen molar-refractivity contribution in [2.75, 3.05) is 92.2 Å².